The topological polar surface area (TPSA) is 12.0 Å². The van der Waals surface area contributed by atoms with E-state index in [1.54, 1.807) is 6.07 Å². The van der Waals surface area contributed by atoms with Gasteiger partial charge in [-0.1, -0.05) is 29.3 Å². The van der Waals surface area contributed by atoms with Crippen LogP contribution in [0.25, 0.3) is 0 Å². The Labute approximate surface area is 123 Å². The van der Waals surface area contributed by atoms with Crippen molar-refractivity contribution in [3.63, 3.8) is 0 Å². The third kappa shape index (κ3) is 3.61. The second-order valence-corrected chi connectivity index (χ2v) is 5.46. The lowest BCUT2D eigenvalue weighted by Gasteiger charge is -2.08. The molecule has 0 heterocycles. The first kappa shape index (κ1) is 13.7. The van der Waals surface area contributed by atoms with Crippen LogP contribution in [0.1, 0.15) is 5.56 Å². The van der Waals surface area contributed by atoms with Crippen molar-refractivity contribution in [2.24, 2.45) is 0 Å². The van der Waals surface area contributed by atoms with Gasteiger partial charge in [0.2, 0.25) is 0 Å². The zero-order chi connectivity index (χ0) is 13.1. The van der Waals surface area contributed by atoms with Crippen molar-refractivity contribution in [1.29, 1.82) is 0 Å². The van der Waals surface area contributed by atoms with E-state index < -0.39 is 0 Å². The summed E-state index contributed by atoms with van der Waals surface area (Å²) in [7, 11) is 0. The van der Waals surface area contributed by atoms with Gasteiger partial charge in [-0.2, -0.15) is 0 Å². The van der Waals surface area contributed by atoms with Crippen molar-refractivity contribution < 1.29 is 4.39 Å². The highest BCUT2D eigenvalue weighted by molar-refractivity contribution is 9.10. The standard InChI is InChI=1S/C13H9BrCl2FN/c14-12-2-1-8(3-13(12)16)7-18-11-5-9(15)4-10(17)6-11/h1-6,18H,7H2. The summed E-state index contributed by atoms with van der Waals surface area (Å²) in [5.41, 5.74) is 1.64. The molecule has 1 nitrogen and oxygen atoms in total. The fraction of sp³-hybridized carbons (Fsp3) is 0.0769. The monoisotopic (exact) mass is 347 g/mol. The first-order valence-corrected chi connectivity index (χ1v) is 6.73. The molecule has 0 aliphatic rings. The lowest BCUT2D eigenvalue weighted by Crippen LogP contribution is -1.99. The van der Waals surface area contributed by atoms with Crippen molar-refractivity contribution in [1.82, 2.24) is 0 Å². The van der Waals surface area contributed by atoms with E-state index >= 15 is 0 Å². The largest absolute Gasteiger partial charge is 0.381 e. The summed E-state index contributed by atoms with van der Waals surface area (Å²) >= 11 is 15.1. The van der Waals surface area contributed by atoms with Crippen LogP contribution >= 0.6 is 39.1 Å². The third-order valence-corrected chi connectivity index (χ3v) is 3.79. The molecule has 94 valence electrons. The van der Waals surface area contributed by atoms with Crippen LogP contribution in [-0.4, -0.2) is 0 Å². The van der Waals surface area contributed by atoms with E-state index in [1.165, 1.54) is 12.1 Å². The van der Waals surface area contributed by atoms with Crippen LogP contribution in [-0.2, 0) is 6.54 Å². The number of benzene rings is 2. The minimum absolute atomic E-state index is 0.362. The Hall–Kier alpha value is -0.770. The summed E-state index contributed by atoms with van der Waals surface area (Å²) in [5, 5.41) is 4.10. The molecular weight excluding hydrogens is 340 g/mol. The molecule has 0 aliphatic carbocycles. The summed E-state index contributed by atoms with van der Waals surface area (Å²) in [6.45, 7) is 0.548. The Morgan fingerprint density at radius 2 is 1.89 bits per heavy atom. The van der Waals surface area contributed by atoms with Gasteiger partial charge in [-0.3, -0.25) is 0 Å². The third-order valence-electron chi connectivity index (χ3n) is 2.34. The maximum absolute atomic E-state index is 13.1. The van der Waals surface area contributed by atoms with Gasteiger partial charge in [0.15, 0.2) is 0 Å². The average molecular weight is 349 g/mol. The zero-order valence-electron chi connectivity index (χ0n) is 9.18. The molecule has 2 rings (SSSR count). The summed E-state index contributed by atoms with van der Waals surface area (Å²) in [6.07, 6.45) is 0. The summed E-state index contributed by atoms with van der Waals surface area (Å²) < 4.78 is 14.0. The molecule has 0 saturated carbocycles. The molecule has 0 radical (unpaired) electrons. The van der Waals surface area contributed by atoms with Gasteiger partial charge >= 0.3 is 0 Å². The highest BCUT2D eigenvalue weighted by atomic mass is 79.9. The first-order valence-electron chi connectivity index (χ1n) is 5.18. The minimum Gasteiger partial charge on any atom is -0.381 e. The van der Waals surface area contributed by atoms with Crippen LogP contribution in [0.2, 0.25) is 10.0 Å². The SMILES string of the molecule is Fc1cc(Cl)cc(NCc2ccc(Br)c(Cl)c2)c1. The second-order valence-electron chi connectivity index (χ2n) is 3.76. The predicted octanol–water partition coefficient (Wildman–Crippen LogP) is 5.51. The van der Waals surface area contributed by atoms with E-state index in [2.05, 4.69) is 21.2 Å². The molecule has 0 bridgehead atoms. The molecule has 2 aromatic rings. The number of halogens is 4. The van der Waals surface area contributed by atoms with Gasteiger partial charge in [-0.05, 0) is 51.8 Å². The van der Waals surface area contributed by atoms with Crippen molar-refractivity contribution in [2.45, 2.75) is 6.54 Å². The molecule has 5 heteroatoms. The Morgan fingerprint density at radius 3 is 2.56 bits per heavy atom. The quantitative estimate of drug-likeness (QED) is 0.771. The normalized spacial score (nSPS) is 10.4. The van der Waals surface area contributed by atoms with Crippen LogP contribution in [0.3, 0.4) is 0 Å². The number of hydrogen-bond donors (Lipinski definition) is 1. The maximum Gasteiger partial charge on any atom is 0.126 e. The van der Waals surface area contributed by atoms with Gasteiger partial charge in [0, 0.05) is 21.7 Å². The van der Waals surface area contributed by atoms with Crippen molar-refractivity contribution in [2.75, 3.05) is 5.32 Å². The van der Waals surface area contributed by atoms with E-state index in [9.17, 15) is 4.39 Å². The highest BCUT2D eigenvalue weighted by Gasteiger charge is 2.01. The number of rotatable bonds is 3. The van der Waals surface area contributed by atoms with Gasteiger partial charge in [0.05, 0.1) is 5.02 Å². The van der Waals surface area contributed by atoms with Crippen LogP contribution < -0.4 is 5.32 Å². The van der Waals surface area contributed by atoms with Crippen LogP contribution in [0.5, 0.6) is 0 Å². The number of hydrogen-bond acceptors (Lipinski definition) is 1. The van der Waals surface area contributed by atoms with Gasteiger partial charge in [-0.15, -0.1) is 0 Å². The molecule has 0 atom stereocenters. The van der Waals surface area contributed by atoms with Crippen molar-refractivity contribution in [3.8, 4) is 0 Å². The highest BCUT2D eigenvalue weighted by Crippen LogP contribution is 2.24. The average Bonchev–Trinajstić information content (AvgIpc) is 2.29. The minimum atomic E-state index is -0.362. The summed E-state index contributed by atoms with van der Waals surface area (Å²) in [6, 6.07) is 9.99. The molecule has 0 aromatic heterocycles. The van der Waals surface area contributed by atoms with E-state index in [0.29, 0.717) is 22.3 Å². The molecule has 0 spiro atoms. The van der Waals surface area contributed by atoms with E-state index in [4.69, 9.17) is 23.2 Å². The Kier molecular flexibility index (Phi) is 4.49. The lowest BCUT2D eigenvalue weighted by molar-refractivity contribution is 0.628. The van der Waals surface area contributed by atoms with E-state index in [1.807, 2.05) is 18.2 Å². The van der Waals surface area contributed by atoms with Crippen molar-refractivity contribution >= 4 is 44.8 Å². The summed E-state index contributed by atoms with van der Waals surface area (Å²) in [4.78, 5) is 0. The lowest BCUT2D eigenvalue weighted by atomic mass is 10.2. The molecule has 0 saturated heterocycles. The van der Waals surface area contributed by atoms with E-state index in [0.717, 1.165) is 10.0 Å². The summed E-state index contributed by atoms with van der Waals surface area (Å²) in [5.74, 6) is -0.362. The fourth-order valence-corrected chi connectivity index (χ4v) is 2.18. The molecule has 1 N–H and O–H groups in total. The van der Waals surface area contributed by atoms with Crippen LogP contribution in [0.4, 0.5) is 10.1 Å². The maximum atomic E-state index is 13.1. The smallest absolute Gasteiger partial charge is 0.126 e. The van der Waals surface area contributed by atoms with Crippen LogP contribution in [0.15, 0.2) is 40.9 Å². The fourth-order valence-electron chi connectivity index (χ4n) is 1.51. The number of nitrogens with one attached hydrogen (secondary N) is 1. The molecular formula is C13H9BrCl2FN. The van der Waals surface area contributed by atoms with E-state index in [-0.39, 0.29) is 5.82 Å². The molecule has 0 aliphatic heterocycles. The Morgan fingerprint density at radius 1 is 1.11 bits per heavy atom. The van der Waals surface area contributed by atoms with Gasteiger partial charge in [-0.25, -0.2) is 4.39 Å². The van der Waals surface area contributed by atoms with Gasteiger partial charge in [0.1, 0.15) is 5.82 Å². The molecule has 0 amide bonds. The molecule has 0 unspecified atom stereocenters. The van der Waals surface area contributed by atoms with Crippen LogP contribution in [0, 0.1) is 5.82 Å². The second kappa shape index (κ2) is 5.91. The Bertz CT molecular complexity index is 555. The van der Waals surface area contributed by atoms with Gasteiger partial charge < -0.3 is 5.32 Å². The van der Waals surface area contributed by atoms with Crippen molar-refractivity contribution in [3.05, 3.63) is 62.3 Å². The van der Waals surface area contributed by atoms with Gasteiger partial charge in [0.25, 0.3) is 0 Å². The Balaban J connectivity index is 2.08. The first-order chi connectivity index (χ1) is 8.54. The molecule has 2 aromatic carbocycles. The zero-order valence-corrected chi connectivity index (χ0v) is 12.3. The molecule has 0 fully saturated rings. The molecule has 18 heavy (non-hydrogen) atoms. The number of anilines is 1. The predicted molar refractivity (Wildman–Crippen MR) is 77.9 cm³/mol.